The Morgan fingerprint density at radius 3 is 2.40 bits per heavy atom. The first-order valence-corrected chi connectivity index (χ1v) is 6.22. The molecule has 0 bridgehead atoms. The van der Waals surface area contributed by atoms with Gasteiger partial charge in [0.05, 0.1) is 22.1 Å². The third kappa shape index (κ3) is 3.55. The first-order valence-electron chi connectivity index (χ1n) is 5.84. The van der Waals surface area contributed by atoms with Crippen molar-refractivity contribution in [3.63, 3.8) is 0 Å². The first-order chi connectivity index (χ1) is 9.56. The minimum Gasteiger partial charge on any atom is -0.324 e. The summed E-state index contributed by atoms with van der Waals surface area (Å²) < 4.78 is 0. The van der Waals surface area contributed by atoms with Gasteiger partial charge in [-0.2, -0.15) is 0 Å². The summed E-state index contributed by atoms with van der Waals surface area (Å²) in [5, 5.41) is 13.7. The Labute approximate surface area is 120 Å². The van der Waals surface area contributed by atoms with E-state index < -0.39 is 4.92 Å². The van der Waals surface area contributed by atoms with Crippen LogP contribution in [0.3, 0.4) is 0 Å². The lowest BCUT2D eigenvalue weighted by Crippen LogP contribution is -2.14. The molecule has 1 N–H and O–H groups in total. The van der Waals surface area contributed by atoms with Crippen LogP contribution in [0.5, 0.6) is 0 Å². The molecule has 0 unspecified atom stereocenters. The zero-order valence-corrected chi connectivity index (χ0v) is 11.1. The topological polar surface area (TPSA) is 72.2 Å². The number of rotatable bonds is 4. The molecular weight excluding hydrogens is 280 g/mol. The van der Waals surface area contributed by atoms with E-state index in [2.05, 4.69) is 5.32 Å². The minimum absolute atomic E-state index is 0.000243. The van der Waals surface area contributed by atoms with E-state index in [1.807, 2.05) is 0 Å². The molecular formula is C14H11ClN2O3. The molecule has 0 aliphatic carbocycles. The second kappa shape index (κ2) is 6.16. The molecule has 2 aromatic rings. The van der Waals surface area contributed by atoms with E-state index >= 15 is 0 Å². The molecule has 2 rings (SSSR count). The van der Waals surface area contributed by atoms with Crippen molar-refractivity contribution >= 4 is 28.9 Å². The van der Waals surface area contributed by atoms with Crippen molar-refractivity contribution in [2.24, 2.45) is 0 Å². The zero-order chi connectivity index (χ0) is 14.5. The molecule has 0 aliphatic heterocycles. The van der Waals surface area contributed by atoms with Crippen molar-refractivity contribution < 1.29 is 9.72 Å². The van der Waals surface area contributed by atoms with Crippen molar-refractivity contribution in [1.29, 1.82) is 0 Å². The summed E-state index contributed by atoms with van der Waals surface area (Å²) in [6, 6.07) is 12.8. The molecule has 1 amide bonds. The SMILES string of the molecule is O=C(Cc1ccc([N+](=O)[O-])cc1)Nc1ccccc1Cl. The number of amides is 1. The summed E-state index contributed by atoms with van der Waals surface area (Å²) in [4.78, 5) is 21.9. The minimum atomic E-state index is -0.479. The van der Waals surface area contributed by atoms with Gasteiger partial charge in [-0.1, -0.05) is 35.9 Å². The molecule has 0 aromatic heterocycles. The molecule has 0 radical (unpaired) electrons. The zero-order valence-electron chi connectivity index (χ0n) is 10.4. The molecule has 0 spiro atoms. The fraction of sp³-hybridized carbons (Fsp3) is 0.0714. The van der Waals surface area contributed by atoms with E-state index in [0.29, 0.717) is 16.3 Å². The molecule has 0 saturated heterocycles. The number of non-ortho nitro benzene ring substituents is 1. The number of nitro groups is 1. The van der Waals surface area contributed by atoms with Crippen LogP contribution in [-0.2, 0) is 11.2 Å². The van der Waals surface area contributed by atoms with E-state index in [1.54, 1.807) is 36.4 Å². The second-order valence-corrected chi connectivity index (χ2v) is 4.54. The van der Waals surface area contributed by atoms with Crippen molar-refractivity contribution in [2.45, 2.75) is 6.42 Å². The molecule has 0 saturated carbocycles. The van der Waals surface area contributed by atoms with Gasteiger partial charge >= 0.3 is 0 Å². The smallest absolute Gasteiger partial charge is 0.269 e. The van der Waals surface area contributed by atoms with E-state index in [-0.39, 0.29) is 18.0 Å². The Balaban J connectivity index is 2.01. The molecule has 2 aromatic carbocycles. The Kier molecular flexibility index (Phi) is 4.32. The lowest BCUT2D eigenvalue weighted by atomic mass is 10.1. The van der Waals surface area contributed by atoms with Crippen LogP contribution >= 0.6 is 11.6 Å². The first kappa shape index (κ1) is 14.0. The number of nitrogens with zero attached hydrogens (tertiary/aromatic N) is 1. The Morgan fingerprint density at radius 1 is 1.15 bits per heavy atom. The number of carbonyl (C=O) groups excluding carboxylic acids is 1. The summed E-state index contributed by atoms with van der Waals surface area (Å²) >= 11 is 5.94. The number of carbonyl (C=O) groups is 1. The number of nitrogens with one attached hydrogen (secondary N) is 1. The van der Waals surface area contributed by atoms with Gasteiger partial charge in [0.15, 0.2) is 0 Å². The van der Waals surface area contributed by atoms with E-state index in [0.717, 1.165) is 0 Å². The second-order valence-electron chi connectivity index (χ2n) is 4.13. The average molecular weight is 291 g/mol. The van der Waals surface area contributed by atoms with Gasteiger partial charge < -0.3 is 5.32 Å². The molecule has 0 aliphatic rings. The van der Waals surface area contributed by atoms with Crippen LogP contribution in [-0.4, -0.2) is 10.8 Å². The summed E-state index contributed by atoms with van der Waals surface area (Å²) in [6.45, 7) is 0. The summed E-state index contributed by atoms with van der Waals surface area (Å²) in [7, 11) is 0. The highest BCUT2D eigenvalue weighted by Crippen LogP contribution is 2.20. The van der Waals surface area contributed by atoms with Gasteiger partial charge in [0.1, 0.15) is 0 Å². The highest BCUT2D eigenvalue weighted by atomic mass is 35.5. The normalized spacial score (nSPS) is 10.1. The predicted molar refractivity (Wildman–Crippen MR) is 76.9 cm³/mol. The largest absolute Gasteiger partial charge is 0.324 e. The van der Waals surface area contributed by atoms with E-state index in [1.165, 1.54) is 12.1 Å². The van der Waals surface area contributed by atoms with Crippen LogP contribution in [0, 0.1) is 10.1 Å². The number of nitro benzene ring substituents is 1. The van der Waals surface area contributed by atoms with Crippen molar-refractivity contribution in [2.75, 3.05) is 5.32 Å². The van der Waals surface area contributed by atoms with E-state index in [4.69, 9.17) is 11.6 Å². The van der Waals surface area contributed by atoms with Crippen LogP contribution in [0.25, 0.3) is 0 Å². The number of benzene rings is 2. The van der Waals surface area contributed by atoms with Crippen LogP contribution in [0.1, 0.15) is 5.56 Å². The van der Waals surface area contributed by atoms with Gasteiger partial charge in [-0.05, 0) is 17.7 Å². The lowest BCUT2D eigenvalue weighted by Gasteiger charge is -2.06. The van der Waals surface area contributed by atoms with Gasteiger partial charge in [-0.3, -0.25) is 14.9 Å². The Bertz CT molecular complexity index is 641. The number of hydrogen-bond donors (Lipinski definition) is 1. The Morgan fingerprint density at radius 2 is 1.80 bits per heavy atom. The van der Waals surface area contributed by atoms with Crippen LogP contribution in [0.4, 0.5) is 11.4 Å². The van der Waals surface area contributed by atoms with E-state index in [9.17, 15) is 14.9 Å². The molecule has 6 heteroatoms. The summed E-state index contributed by atoms with van der Waals surface area (Å²) in [6.07, 6.45) is 0.128. The maximum absolute atomic E-state index is 11.8. The van der Waals surface area contributed by atoms with Gasteiger partial charge in [0.2, 0.25) is 5.91 Å². The fourth-order valence-corrected chi connectivity index (χ4v) is 1.86. The molecule has 5 nitrogen and oxygen atoms in total. The monoisotopic (exact) mass is 290 g/mol. The maximum Gasteiger partial charge on any atom is 0.269 e. The van der Waals surface area contributed by atoms with Crippen LogP contribution < -0.4 is 5.32 Å². The number of halogens is 1. The van der Waals surface area contributed by atoms with Gasteiger partial charge in [0, 0.05) is 12.1 Å². The molecule has 0 heterocycles. The molecule has 0 atom stereocenters. The van der Waals surface area contributed by atoms with Crippen LogP contribution in [0.15, 0.2) is 48.5 Å². The lowest BCUT2D eigenvalue weighted by molar-refractivity contribution is -0.384. The fourth-order valence-electron chi connectivity index (χ4n) is 1.68. The summed E-state index contributed by atoms with van der Waals surface area (Å²) in [5.41, 5.74) is 1.24. The van der Waals surface area contributed by atoms with Crippen molar-refractivity contribution in [3.8, 4) is 0 Å². The number of para-hydroxylation sites is 1. The molecule has 20 heavy (non-hydrogen) atoms. The standard InChI is InChI=1S/C14H11ClN2O3/c15-12-3-1-2-4-13(12)16-14(18)9-10-5-7-11(8-6-10)17(19)20/h1-8H,9H2,(H,16,18). The number of hydrogen-bond acceptors (Lipinski definition) is 3. The predicted octanol–water partition coefficient (Wildman–Crippen LogP) is 3.43. The maximum atomic E-state index is 11.8. The summed E-state index contributed by atoms with van der Waals surface area (Å²) in [5.74, 6) is -0.230. The molecule has 102 valence electrons. The van der Waals surface area contributed by atoms with Crippen molar-refractivity contribution in [3.05, 3.63) is 69.2 Å². The Hall–Kier alpha value is -2.40. The third-order valence-electron chi connectivity index (χ3n) is 2.66. The van der Waals surface area contributed by atoms with Gasteiger partial charge in [0.25, 0.3) is 5.69 Å². The van der Waals surface area contributed by atoms with Gasteiger partial charge in [-0.15, -0.1) is 0 Å². The third-order valence-corrected chi connectivity index (χ3v) is 2.99. The molecule has 0 fully saturated rings. The number of anilines is 1. The highest BCUT2D eigenvalue weighted by Gasteiger charge is 2.08. The van der Waals surface area contributed by atoms with Crippen molar-refractivity contribution in [1.82, 2.24) is 0 Å². The van der Waals surface area contributed by atoms with Gasteiger partial charge in [-0.25, -0.2) is 0 Å². The average Bonchev–Trinajstić information content (AvgIpc) is 2.42. The van der Waals surface area contributed by atoms with Crippen LogP contribution in [0.2, 0.25) is 5.02 Å². The highest BCUT2D eigenvalue weighted by molar-refractivity contribution is 6.33. The quantitative estimate of drug-likeness (QED) is 0.692.